The van der Waals surface area contributed by atoms with Gasteiger partial charge in [-0.25, -0.2) is 14.8 Å². The first-order valence-corrected chi connectivity index (χ1v) is 9.01. The maximum atomic E-state index is 12.7. The lowest BCUT2D eigenvalue weighted by Crippen LogP contribution is -2.38. The number of hydrogen-bond acceptors (Lipinski definition) is 7. The van der Waals surface area contributed by atoms with Crippen LogP contribution in [0.4, 0.5) is 0 Å². The van der Waals surface area contributed by atoms with Crippen LogP contribution < -0.4 is 16.4 Å². The van der Waals surface area contributed by atoms with Crippen LogP contribution in [0, 0.1) is 6.92 Å². The zero-order chi connectivity index (χ0) is 19.9. The molecule has 1 aromatic carbocycles. The molecule has 0 saturated heterocycles. The van der Waals surface area contributed by atoms with Crippen LogP contribution in [0.3, 0.4) is 0 Å². The molecule has 3 aromatic rings. The van der Waals surface area contributed by atoms with E-state index in [1.54, 1.807) is 0 Å². The first kappa shape index (κ1) is 18.8. The summed E-state index contributed by atoms with van der Waals surface area (Å²) < 4.78 is 2.20. The number of aromatic nitrogens is 4. The zero-order valence-corrected chi connectivity index (χ0v) is 16.0. The lowest BCUT2D eigenvalue weighted by atomic mass is 10.1. The Bertz CT molecular complexity index is 1170. The first-order valence-electron chi connectivity index (χ1n) is 8.13. The molecule has 0 aliphatic carbocycles. The number of carbonyl (C=O) groups excluding carboxylic acids is 1. The van der Waals surface area contributed by atoms with Crippen molar-refractivity contribution in [1.82, 2.24) is 19.1 Å². The van der Waals surface area contributed by atoms with E-state index < -0.39 is 22.5 Å². The van der Waals surface area contributed by atoms with Crippen LogP contribution in [-0.4, -0.2) is 30.3 Å². The molecule has 0 aliphatic heterocycles. The minimum Gasteiger partial charge on any atom is -0.549 e. The lowest BCUT2D eigenvalue weighted by Gasteiger charge is -2.15. The van der Waals surface area contributed by atoms with E-state index in [1.165, 1.54) is 25.6 Å². The van der Waals surface area contributed by atoms with Crippen LogP contribution >= 0.6 is 11.8 Å². The number of benzene rings is 1. The fourth-order valence-electron chi connectivity index (χ4n) is 2.56. The Morgan fingerprint density at radius 2 is 1.74 bits per heavy atom. The highest BCUT2D eigenvalue weighted by atomic mass is 32.2. The predicted octanol–water partition coefficient (Wildman–Crippen LogP) is 0.233. The standard InChI is InChI=1S/C18H18N4O4S/c1-9-5-7-11(8-6-9)13-19-14-12(15(20-13)27-10(2)17(24)25)16(23)22(4)18(26)21(14)3/h5-8,10H,1-4H3,(H,24,25)/p-1/t10-/m0/s1. The van der Waals surface area contributed by atoms with Crippen molar-refractivity contribution in [3.05, 3.63) is 50.7 Å². The van der Waals surface area contributed by atoms with Crippen LogP contribution in [0.2, 0.25) is 0 Å². The van der Waals surface area contributed by atoms with Crippen LogP contribution in [-0.2, 0) is 18.9 Å². The van der Waals surface area contributed by atoms with Gasteiger partial charge in [0, 0.05) is 24.9 Å². The van der Waals surface area contributed by atoms with Gasteiger partial charge in [0.15, 0.2) is 11.5 Å². The number of carboxylic acids is 1. The quantitative estimate of drug-likeness (QED) is 0.467. The van der Waals surface area contributed by atoms with Crippen molar-refractivity contribution >= 4 is 28.8 Å². The summed E-state index contributed by atoms with van der Waals surface area (Å²) >= 11 is 0.889. The Morgan fingerprint density at radius 1 is 1.11 bits per heavy atom. The summed E-state index contributed by atoms with van der Waals surface area (Å²) in [6.45, 7) is 3.40. The number of fused-ring (bicyclic) bond motifs is 1. The molecule has 0 unspecified atom stereocenters. The van der Waals surface area contributed by atoms with E-state index in [9.17, 15) is 19.5 Å². The second-order valence-electron chi connectivity index (χ2n) is 6.20. The molecule has 0 radical (unpaired) electrons. The molecule has 1 atom stereocenters. The number of thioether (sulfide) groups is 1. The van der Waals surface area contributed by atoms with Crippen LogP contribution in [0.5, 0.6) is 0 Å². The average molecular weight is 385 g/mol. The minimum atomic E-state index is -1.27. The minimum absolute atomic E-state index is 0.105. The highest BCUT2D eigenvalue weighted by Gasteiger charge is 2.20. The molecule has 0 amide bonds. The summed E-state index contributed by atoms with van der Waals surface area (Å²) in [5, 5.41) is 10.6. The van der Waals surface area contributed by atoms with Gasteiger partial charge >= 0.3 is 5.69 Å². The van der Waals surface area contributed by atoms with Gasteiger partial charge < -0.3 is 9.90 Å². The molecule has 2 aromatic heterocycles. The normalized spacial score (nSPS) is 12.3. The summed E-state index contributed by atoms with van der Waals surface area (Å²) in [5.41, 5.74) is 0.808. The van der Waals surface area contributed by atoms with Gasteiger partial charge in [-0.15, -0.1) is 0 Å². The Kier molecular flexibility index (Phi) is 4.88. The highest BCUT2D eigenvalue weighted by molar-refractivity contribution is 8.00. The average Bonchev–Trinajstić information content (AvgIpc) is 2.64. The maximum Gasteiger partial charge on any atom is 0.332 e. The van der Waals surface area contributed by atoms with Gasteiger partial charge in [-0.2, -0.15) is 0 Å². The Morgan fingerprint density at radius 3 is 2.33 bits per heavy atom. The van der Waals surface area contributed by atoms with E-state index in [-0.39, 0.29) is 16.1 Å². The smallest absolute Gasteiger partial charge is 0.332 e. The van der Waals surface area contributed by atoms with Crippen LogP contribution in [0.25, 0.3) is 22.4 Å². The molecule has 0 N–H and O–H groups in total. The molecule has 2 heterocycles. The largest absolute Gasteiger partial charge is 0.549 e. The Hall–Kier alpha value is -2.94. The van der Waals surface area contributed by atoms with Crippen molar-refractivity contribution in [2.75, 3.05) is 0 Å². The van der Waals surface area contributed by atoms with Gasteiger partial charge in [-0.3, -0.25) is 13.9 Å². The van der Waals surface area contributed by atoms with Crippen LogP contribution in [0.15, 0.2) is 38.9 Å². The Labute approximate surface area is 158 Å². The molecule has 0 bridgehead atoms. The van der Waals surface area contributed by atoms with Crippen molar-refractivity contribution in [2.24, 2.45) is 14.1 Å². The van der Waals surface area contributed by atoms with Crippen molar-refractivity contribution in [2.45, 2.75) is 24.1 Å². The fourth-order valence-corrected chi connectivity index (χ4v) is 3.43. The molecule has 140 valence electrons. The number of aliphatic carboxylic acids is 1. The molecular formula is C18H17N4O4S-. The second kappa shape index (κ2) is 6.99. The summed E-state index contributed by atoms with van der Waals surface area (Å²) in [5.74, 6) is -0.968. The third kappa shape index (κ3) is 3.37. The molecule has 3 rings (SSSR count). The highest BCUT2D eigenvalue weighted by Crippen LogP contribution is 2.28. The van der Waals surface area contributed by atoms with E-state index in [4.69, 9.17) is 0 Å². The lowest BCUT2D eigenvalue weighted by molar-refractivity contribution is -0.304. The number of nitrogens with zero attached hydrogens (tertiary/aromatic N) is 4. The SMILES string of the molecule is Cc1ccc(-c2nc(S[C@@H](C)C(=O)[O-])c3c(=O)n(C)c(=O)n(C)c3n2)cc1. The van der Waals surface area contributed by atoms with E-state index in [2.05, 4.69) is 9.97 Å². The van der Waals surface area contributed by atoms with Gasteiger partial charge in [-0.05, 0) is 13.8 Å². The van der Waals surface area contributed by atoms with Crippen LogP contribution in [0.1, 0.15) is 12.5 Å². The number of aryl methyl sites for hydroxylation is 2. The predicted molar refractivity (Wildman–Crippen MR) is 101 cm³/mol. The summed E-state index contributed by atoms with van der Waals surface area (Å²) in [6, 6.07) is 7.43. The zero-order valence-electron chi connectivity index (χ0n) is 15.2. The molecule has 0 saturated carbocycles. The van der Waals surface area contributed by atoms with Gasteiger partial charge in [0.2, 0.25) is 0 Å². The van der Waals surface area contributed by atoms with E-state index in [0.29, 0.717) is 11.4 Å². The molecule has 9 heteroatoms. The number of carbonyl (C=O) groups is 1. The van der Waals surface area contributed by atoms with E-state index in [0.717, 1.165) is 21.9 Å². The topological polar surface area (TPSA) is 110 Å². The van der Waals surface area contributed by atoms with Crippen molar-refractivity contribution in [1.29, 1.82) is 0 Å². The van der Waals surface area contributed by atoms with E-state index in [1.807, 2.05) is 31.2 Å². The Balaban J connectivity index is 2.37. The van der Waals surface area contributed by atoms with Crippen molar-refractivity contribution in [3.8, 4) is 11.4 Å². The molecule has 0 spiro atoms. The summed E-state index contributed by atoms with van der Waals surface area (Å²) in [6.07, 6.45) is 0. The monoisotopic (exact) mass is 385 g/mol. The number of hydrogen-bond donors (Lipinski definition) is 0. The fraction of sp³-hybridized carbons (Fsp3) is 0.278. The first-order chi connectivity index (χ1) is 12.7. The van der Waals surface area contributed by atoms with Crippen molar-refractivity contribution in [3.63, 3.8) is 0 Å². The van der Waals surface area contributed by atoms with Gasteiger partial charge in [-0.1, -0.05) is 41.6 Å². The second-order valence-corrected chi connectivity index (χ2v) is 7.53. The van der Waals surface area contributed by atoms with Gasteiger partial charge in [0.1, 0.15) is 10.4 Å². The molecule has 0 aliphatic rings. The van der Waals surface area contributed by atoms with Crippen molar-refractivity contribution < 1.29 is 9.90 Å². The molecule has 8 nitrogen and oxygen atoms in total. The third-order valence-corrected chi connectivity index (χ3v) is 5.26. The van der Waals surface area contributed by atoms with Gasteiger partial charge in [0.25, 0.3) is 5.56 Å². The maximum absolute atomic E-state index is 12.7. The van der Waals surface area contributed by atoms with E-state index >= 15 is 0 Å². The molecule has 27 heavy (non-hydrogen) atoms. The summed E-state index contributed by atoms with van der Waals surface area (Å²) in [7, 11) is 2.86. The number of carboxylic acid groups (broad SMARTS) is 1. The van der Waals surface area contributed by atoms with Gasteiger partial charge in [0.05, 0.1) is 5.97 Å². The third-order valence-electron chi connectivity index (χ3n) is 4.20. The number of rotatable bonds is 4. The summed E-state index contributed by atoms with van der Waals surface area (Å²) in [4.78, 5) is 45.0. The molecular weight excluding hydrogens is 368 g/mol. The molecule has 0 fully saturated rings.